The number of rotatable bonds is 2. The second kappa shape index (κ2) is 6.33. The average molecular weight is 165 g/mol. The molecule has 0 heterocycles. The van der Waals surface area contributed by atoms with E-state index in [2.05, 4.69) is 10.1 Å². The summed E-state index contributed by atoms with van der Waals surface area (Å²) < 4.78 is 4.27. The monoisotopic (exact) mass is 164 g/mol. The lowest BCUT2D eigenvalue weighted by Crippen LogP contribution is -2.33. The third kappa shape index (κ3) is 3.28. The number of ether oxygens (including phenoxy) is 1. The van der Waals surface area contributed by atoms with Gasteiger partial charge in [-0.3, -0.25) is 5.32 Å². The third-order valence-corrected chi connectivity index (χ3v) is 0.855. The van der Waals surface area contributed by atoms with E-state index in [0.717, 1.165) is 0 Å². The SMILES string of the molecule is CNC(C#N)C(=O)OC.Cl. The highest BCUT2D eigenvalue weighted by Crippen LogP contribution is 1.81. The summed E-state index contributed by atoms with van der Waals surface area (Å²) in [5.74, 6) is -0.556. The summed E-state index contributed by atoms with van der Waals surface area (Å²) in [6.45, 7) is 0. The molecule has 10 heavy (non-hydrogen) atoms. The molecule has 0 saturated carbocycles. The van der Waals surface area contributed by atoms with Gasteiger partial charge in [-0.1, -0.05) is 0 Å². The van der Waals surface area contributed by atoms with Gasteiger partial charge >= 0.3 is 5.97 Å². The normalized spacial score (nSPS) is 10.5. The van der Waals surface area contributed by atoms with Gasteiger partial charge in [0.2, 0.25) is 0 Å². The highest BCUT2D eigenvalue weighted by molar-refractivity contribution is 5.85. The Hall–Kier alpha value is -0.790. The first-order chi connectivity index (χ1) is 4.26. The zero-order valence-corrected chi connectivity index (χ0v) is 6.57. The molecule has 0 aromatic rings. The average Bonchev–Trinajstić information content (AvgIpc) is 1.90. The van der Waals surface area contributed by atoms with E-state index in [1.807, 2.05) is 0 Å². The number of halogens is 1. The second-order valence-electron chi connectivity index (χ2n) is 1.37. The fourth-order valence-corrected chi connectivity index (χ4v) is 0.353. The van der Waals surface area contributed by atoms with E-state index in [0.29, 0.717) is 0 Å². The largest absolute Gasteiger partial charge is 0.467 e. The minimum Gasteiger partial charge on any atom is -0.467 e. The van der Waals surface area contributed by atoms with Crippen LogP contribution in [0.15, 0.2) is 0 Å². The zero-order chi connectivity index (χ0) is 7.28. The number of nitrogens with one attached hydrogen (secondary N) is 1. The number of hydrogen-bond donors (Lipinski definition) is 1. The van der Waals surface area contributed by atoms with Crippen LogP contribution in [0.4, 0.5) is 0 Å². The van der Waals surface area contributed by atoms with Crippen LogP contribution in [0.25, 0.3) is 0 Å². The van der Waals surface area contributed by atoms with Gasteiger partial charge in [0, 0.05) is 0 Å². The Morgan fingerprint density at radius 3 is 2.40 bits per heavy atom. The highest BCUT2D eigenvalue weighted by atomic mass is 35.5. The van der Waals surface area contributed by atoms with Crippen molar-refractivity contribution in [3.05, 3.63) is 0 Å². The Bertz CT molecular complexity index is 143. The van der Waals surface area contributed by atoms with Crippen LogP contribution < -0.4 is 5.32 Å². The first kappa shape index (κ1) is 11.9. The fraction of sp³-hybridized carbons (Fsp3) is 0.600. The molecule has 58 valence electrons. The standard InChI is InChI=1S/C5H8N2O2.ClH/c1-7-4(3-6)5(8)9-2;/h4,7H,1-2H3;1H. The van der Waals surface area contributed by atoms with E-state index in [1.165, 1.54) is 14.2 Å². The van der Waals surface area contributed by atoms with E-state index in [9.17, 15) is 4.79 Å². The second-order valence-corrected chi connectivity index (χ2v) is 1.37. The molecule has 0 aromatic carbocycles. The number of nitrogens with zero attached hydrogens (tertiary/aromatic N) is 1. The molecular weight excluding hydrogens is 156 g/mol. The minimum absolute atomic E-state index is 0. The smallest absolute Gasteiger partial charge is 0.337 e. The van der Waals surface area contributed by atoms with Gasteiger partial charge in [0.15, 0.2) is 6.04 Å². The van der Waals surface area contributed by atoms with E-state index < -0.39 is 12.0 Å². The number of esters is 1. The van der Waals surface area contributed by atoms with Crippen molar-refractivity contribution in [3.8, 4) is 6.07 Å². The highest BCUT2D eigenvalue weighted by Gasteiger charge is 2.13. The van der Waals surface area contributed by atoms with Crippen LogP contribution in [0, 0.1) is 11.3 Å². The summed E-state index contributed by atoms with van der Waals surface area (Å²) >= 11 is 0. The molecule has 0 amide bonds. The van der Waals surface area contributed by atoms with Crippen molar-refractivity contribution in [3.63, 3.8) is 0 Å². The van der Waals surface area contributed by atoms with Crippen LogP contribution in [0.2, 0.25) is 0 Å². The quantitative estimate of drug-likeness (QED) is 0.569. The summed E-state index contributed by atoms with van der Waals surface area (Å²) in [6, 6.07) is 0.879. The third-order valence-electron chi connectivity index (χ3n) is 0.855. The molecule has 0 radical (unpaired) electrons. The van der Waals surface area contributed by atoms with Crippen LogP contribution in [0.5, 0.6) is 0 Å². The topological polar surface area (TPSA) is 62.1 Å². The maximum Gasteiger partial charge on any atom is 0.337 e. The number of likely N-dealkylation sites (N-methyl/N-ethyl adjacent to an activating group) is 1. The Morgan fingerprint density at radius 2 is 2.30 bits per heavy atom. The van der Waals surface area contributed by atoms with E-state index in [-0.39, 0.29) is 12.4 Å². The van der Waals surface area contributed by atoms with Crippen molar-refractivity contribution >= 4 is 18.4 Å². The van der Waals surface area contributed by atoms with Gasteiger partial charge in [-0.05, 0) is 7.05 Å². The Morgan fingerprint density at radius 1 is 1.80 bits per heavy atom. The Balaban J connectivity index is 0. The Labute approximate surface area is 65.6 Å². The summed E-state index contributed by atoms with van der Waals surface area (Å²) in [5, 5.41) is 10.7. The first-order valence-corrected chi connectivity index (χ1v) is 2.41. The lowest BCUT2D eigenvalue weighted by atomic mass is 10.3. The molecule has 0 aromatic heterocycles. The molecule has 5 heteroatoms. The van der Waals surface area contributed by atoms with Crippen LogP contribution in [0.1, 0.15) is 0 Å². The summed E-state index contributed by atoms with van der Waals surface area (Å²) in [5.41, 5.74) is 0. The van der Waals surface area contributed by atoms with Crippen molar-refractivity contribution in [2.45, 2.75) is 6.04 Å². The number of carbonyl (C=O) groups is 1. The first-order valence-electron chi connectivity index (χ1n) is 2.41. The van der Waals surface area contributed by atoms with E-state index in [1.54, 1.807) is 6.07 Å². The molecule has 0 rings (SSSR count). The van der Waals surface area contributed by atoms with E-state index >= 15 is 0 Å². The molecule has 1 atom stereocenters. The number of methoxy groups -OCH3 is 1. The predicted octanol–water partition coefficient (Wildman–Crippen LogP) is -0.307. The molecule has 4 nitrogen and oxygen atoms in total. The summed E-state index contributed by atoms with van der Waals surface area (Å²) in [7, 11) is 2.76. The molecule has 1 N–H and O–H groups in total. The van der Waals surface area contributed by atoms with Crippen molar-refractivity contribution in [2.24, 2.45) is 0 Å². The van der Waals surface area contributed by atoms with Crippen LogP contribution >= 0.6 is 12.4 Å². The van der Waals surface area contributed by atoms with Gasteiger partial charge < -0.3 is 4.74 Å². The lowest BCUT2D eigenvalue weighted by molar-refractivity contribution is -0.141. The molecule has 0 bridgehead atoms. The molecule has 0 spiro atoms. The molecule has 0 fully saturated rings. The van der Waals surface area contributed by atoms with Crippen LogP contribution in [-0.4, -0.2) is 26.2 Å². The van der Waals surface area contributed by atoms with Crippen molar-refractivity contribution in [1.29, 1.82) is 5.26 Å². The Kier molecular flexibility index (Phi) is 7.56. The molecular formula is C5H9ClN2O2. The van der Waals surface area contributed by atoms with Crippen molar-refractivity contribution in [2.75, 3.05) is 14.2 Å². The molecule has 0 aliphatic rings. The van der Waals surface area contributed by atoms with Crippen LogP contribution in [0.3, 0.4) is 0 Å². The van der Waals surface area contributed by atoms with Gasteiger partial charge in [0.05, 0.1) is 13.2 Å². The lowest BCUT2D eigenvalue weighted by Gasteiger charge is -2.02. The number of nitriles is 1. The van der Waals surface area contributed by atoms with Crippen molar-refractivity contribution in [1.82, 2.24) is 5.32 Å². The maximum absolute atomic E-state index is 10.5. The summed E-state index contributed by atoms with van der Waals surface area (Å²) in [4.78, 5) is 10.5. The maximum atomic E-state index is 10.5. The van der Waals surface area contributed by atoms with Gasteiger partial charge in [0.25, 0.3) is 0 Å². The van der Waals surface area contributed by atoms with Gasteiger partial charge in [-0.15, -0.1) is 12.4 Å². The van der Waals surface area contributed by atoms with Crippen molar-refractivity contribution < 1.29 is 9.53 Å². The van der Waals surface area contributed by atoms with E-state index in [4.69, 9.17) is 5.26 Å². The fourth-order valence-electron chi connectivity index (χ4n) is 0.353. The molecule has 0 aliphatic heterocycles. The van der Waals surface area contributed by atoms with Crippen LogP contribution in [-0.2, 0) is 9.53 Å². The minimum atomic E-state index is -0.838. The molecule has 0 aliphatic carbocycles. The predicted molar refractivity (Wildman–Crippen MR) is 37.7 cm³/mol. The van der Waals surface area contributed by atoms with Gasteiger partial charge in [-0.2, -0.15) is 5.26 Å². The van der Waals surface area contributed by atoms with Gasteiger partial charge in [-0.25, -0.2) is 4.79 Å². The summed E-state index contributed by atoms with van der Waals surface area (Å²) in [6.07, 6.45) is 0. The molecule has 0 saturated heterocycles. The molecule has 1 unspecified atom stereocenters. The number of hydrogen-bond acceptors (Lipinski definition) is 4. The number of carbonyl (C=O) groups excluding carboxylic acids is 1. The zero-order valence-electron chi connectivity index (χ0n) is 5.75. The van der Waals surface area contributed by atoms with Gasteiger partial charge in [0.1, 0.15) is 0 Å².